The van der Waals surface area contributed by atoms with E-state index >= 15 is 0 Å². The second-order valence-corrected chi connectivity index (χ2v) is 7.15. The Balaban J connectivity index is 1.68. The normalized spacial score (nSPS) is 22.3. The van der Waals surface area contributed by atoms with Crippen molar-refractivity contribution >= 4 is 17.8 Å². The van der Waals surface area contributed by atoms with Gasteiger partial charge >= 0.3 is 5.97 Å². The summed E-state index contributed by atoms with van der Waals surface area (Å²) in [6.07, 6.45) is 3.24. The summed E-state index contributed by atoms with van der Waals surface area (Å²) in [6, 6.07) is 7.16. The van der Waals surface area contributed by atoms with Gasteiger partial charge in [0.15, 0.2) is 6.61 Å². The molecule has 1 aliphatic rings. The number of amides is 2. The highest BCUT2D eigenvalue weighted by atomic mass is 16.5. The van der Waals surface area contributed by atoms with Gasteiger partial charge in [-0.25, -0.2) is 0 Å². The molecule has 26 heavy (non-hydrogen) atoms. The van der Waals surface area contributed by atoms with Crippen LogP contribution in [0.1, 0.15) is 49.0 Å². The molecule has 1 aromatic carbocycles. The van der Waals surface area contributed by atoms with Crippen molar-refractivity contribution in [2.75, 3.05) is 13.2 Å². The van der Waals surface area contributed by atoms with E-state index in [0.29, 0.717) is 17.4 Å². The molecular weight excluding hydrogens is 332 g/mol. The number of benzene rings is 1. The number of carbonyl (C=O) groups excluding carboxylic acids is 3. The van der Waals surface area contributed by atoms with Crippen LogP contribution in [0.4, 0.5) is 0 Å². The molecule has 2 amide bonds. The van der Waals surface area contributed by atoms with E-state index in [2.05, 4.69) is 24.5 Å². The molecule has 0 unspecified atom stereocenters. The smallest absolute Gasteiger partial charge is 0.325 e. The first-order chi connectivity index (χ1) is 12.4. The van der Waals surface area contributed by atoms with E-state index in [1.54, 1.807) is 12.1 Å². The Kier molecular flexibility index (Phi) is 7.18. The molecule has 0 radical (unpaired) electrons. The number of hydrogen-bond acceptors (Lipinski definition) is 4. The Bertz CT molecular complexity index is 642. The second kappa shape index (κ2) is 9.36. The van der Waals surface area contributed by atoms with Crippen molar-refractivity contribution in [3.8, 4) is 0 Å². The fourth-order valence-electron chi connectivity index (χ4n) is 3.19. The van der Waals surface area contributed by atoms with Crippen LogP contribution in [-0.4, -0.2) is 37.0 Å². The van der Waals surface area contributed by atoms with Crippen molar-refractivity contribution in [1.29, 1.82) is 0 Å². The largest absolute Gasteiger partial charge is 0.454 e. The summed E-state index contributed by atoms with van der Waals surface area (Å²) in [5.41, 5.74) is 1.52. The average molecular weight is 360 g/mol. The molecule has 0 spiro atoms. The fourth-order valence-corrected chi connectivity index (χ4v) is 3.19. The van der Waals surface area contributed by atoms with Crippen molar-refractivity contribution in [3.63, 3.8) is 0 Å². The molecular formula is C20H28N2O4. The van der Waals surface area contributed by atoms with E-state index in [1.807, 2.05) is 19.1 Å². The Labute approximate surface area is 154 Å². The molecule has 0 bridgehead atoms. The lowest BCUT2D eigenvalue weighted by Gasteiger charge is -2.34. The number of hydrogen-bond donors (Lipinski definition) is 2. The Hall–Kier alpha value is -2.37. The van der Waals surface area contributed by atoms with E-state index in [-0.39, 0.29) is 31.0 Å². The van der Waals surface area contributed by atoms with Gasteiger partial charge in [-0.15, -0.1) is 0 Å². The predicted octanol–water partition coefficient (Wildman–Crippen LogP) is 2.21. The Morgan fingerprint density at radius 3 is 2.50 bits per heavy atom. The summed E-state index contributed by atoms with van der Waals surface area (Å²) >= 11 is 0. The van der Waals surface area contributed by atoms with Gasteiger partial charge in [0.25, 0.3) is 11.8 Å². The molecule has 6 heteroatoms. The number of ether oxygens (including phenoxy) is 1. The first kappa shape index (κ1) is 19.9. The van der Waals surface area contributed by atoms with Gasteiger partial charge in [0.05, 0.1) is 0 Å². The summed E-state index contributed by atoms with van der Waals surface area (Å²) in [6.45, 7) is 5.67. The number of aryl methyl sites for hydroxylation is 1. The standard InChI is InChI=1S/C20H28N2O4/c1-13-7-9-16(10-8-13)20(25)21-11-19(24)26-12-18(23)22-17-6-4-5-14(2)15(17)3/h7-10,14-15,17H,4-6,11-12H2,1-3H3,(H,21,25)(H,22,23)/t14-,15-,17+/m0/s1. The predicted molar refractivity (Wildman–Crippen MR) is 98.6 cm³/mol. The summed E-state index contributed by atoms with van der Waals surface area (Å²) in [5.74, 6) is -0.290. The topological polar surface area (TPSA) is 84.5 Å². The van der Waals surface area contributed by atoms with Crippen LogP contribution in [0.3, 0.4) is 0 Å². The monoisotopic (exact) mass is 360 g/mol. The molecule has 2 N–H and O–H groups in total. The van der Waals surface area contributed by atoms with E-state index in [4.69, 9.17) is 4.74 Å². The second-order valence-electron chi connectivity index (χ2n) is 7.15. The summed E-state index contributed by atoms with van der Waals surface area (Å²) in [4.78, 5) is 35.6. The molecule has 6 nitrogen and oxygen atoms in total. The minimum atomic E-state index is -0.634. The molecule has 0 heterocycles. The molecule has 142 valence electrons. The third kappa shape index (κ3) is 5.86. The molecule has 0 aliphatic heterocycles. The minimum Gasteiger partial charge on any atom is -0.454 e. The van der Waals surface area contributed by atoms with Crippen molar-refractivity contribution in [2.24, 2.45) is 11.8 Å². The third-order valence-corrected chi connectivity index (χ3v) is 5.12. The highest BCUT2D eigenvalue weighted by molar-refractivity contribution is 5.96. The molecule has 1 fully saturated rings. The van der Waals surface area contributed by atoms with E-state index in [9.17, 15) is 14.4 Å². The molecule has 0 saturated heterocycles. The Morgan fingerprint density at radius 2 is 1.81 bits per heavy atom. The summed E-state index contributed by atoms with van der Waals surface area (Å²) < 4.78 is 4.95. The summed E-state index contributed by atoms with van der Waals surface area (Å²) in [7, 11) is 0. The van der Waals surface area contributed by atoms with Crippen molar-refractivity contribution in [3.05, 3.63) is 35.4 Å². The minimum absolute atomic E-state index is 0.131. The van der Waals surface area contributed by atoms with Crippen LogP contribution >= 0.6 is 0 Å². The van der Waals surface area contributed by atoms with Gasteiger partial charge in [-0.2, -0.15) is 0 Å². The maximum atomic E-state index is 12.0. The van der Waals surface area contributed by atoms with Crippen molar-refractivity contribution in [2.45, 2.75) is 46.1 Å². The molecule has 2 rings (SSSR count). The van der Waals surface area contributed by atoms with Gasteiger partial charge in [0, 0.05) is 11.6 Å². The van der Waals surface area contributed by atoms with Crippen LogP contribution in [0, 0.1) is 18.8 Å². The fraction of sp³-hybridized carbons (Fsp3) is 0.550. The number of esters is 1. The van der Waals surface area contributed by atoms with Gasteiger partial charge in [0.2, 0.25) is 0 Å². The van der Waals surface area contributed by atoms with E-state index < -0.39 is 5.97 Å². The summed E-state index contributed by atoms with van der Waals surface area (Å²) in [5, 5.41) is 5.44. The van der Waals surface area contributed by atoms with Crippen molar-refractivity contribution < 1.29 is 19.1 Å². The number of nitrogens with one attached hydrogen (secondary N) is 2. The highest BCUT2D eigenvalue weighted by Gasteiger charge is 2.28. The molecule has 3 atom stereocenters. The van der Waals surface area contributed by atoms with Crippen LogP contribution in [-0.2, 0) is 14.3 Å². The SMILES string of the molecule is Cc1ccc(C(=O)NCC(=O)OCC(=O)N[C@@H]2CCC[C@H](C)[C@@H]2C)cc1. The quantitative estimate of drug-likeness (QED) is 0.762. The van der Waals surface area contributed by atoms with Gasteiger partial charge < -0.3 is 15.4 Å². The van der Waals surface area contributed by atoms with E-state index in [1.165, 1.54) is 6.42 Å². The Morgan fingerprint density at radius 1 is 1.12 bits per heavy atom. The van der Waals surface area contributed by atoms with E-state index in [0.717, 1.165) is 18.4 Å². The van der Waals surface area contributed by atoms with Gasteiger partial charge in [-0.3, -0.25) is 14.4 Å². The van der Waals surface area contributed by atoms with Crippen LogP contribution < -0.4 is 10.6 Å². The van der Waals surface area contributed by atoms with Crippen LogP contribution in [0.15, 0.2) is 24.3 Å². The zero-order valence-corrected chi connectivity index (χ0v) is 15.7. The third-order valence-electron chi connectivity index (χ3n) is 5.12. The van der Waals surface area contributed by atoms with Crippen LogP contribution in [0.2, 0.25) is 0 Å². The molecule has 0 aromatic heterocycles. The van der Waals surface area contributed by atoms with Gasteiger partial charge in [-0.05, 0) is 37.3 Å². The maximum Gasteiger partial charge on any atom is 0.325 e. The number of carbonyl (C=O) groups is 3. The molecule has 1 aliphatic carbocycles. The highest BCUT2D eigenvalue weighted by Crippen LogP contribution is 2.29. The average Bonchev–Trinajstić information content (AvgIpc) is 2.62. The van der Waals surface area contributed by atoms with Gasteiger partial charge in [-0.1, -0.05) is 44.4 Å². The maximum absolute atomic E-state index is 12.0. The lowest BCUT2D eigenvalue weighted by atomic mass is 9.78. The first-order valence-corrected chi connectivity index (χ1v) is 9.16. The first-order valence-electron chi connectivity index (χ1n) is 9.16. The van der Waals surface area contributed by atoms with Crippen molar-refractivity contribution in [1.82, 2.24) is 10.6 Å². The molecule has 1 aromatic rings. The molecule has 1 saturated carbocycles. The zero-order chi connectivity index (χ0) is 19.1. The number of rotatable bonds is 6. The lowest BCUT2D eigenvalue weighted by molar-refractivity contribution is -0.147. The van der Waals surface area contributed by atoms with Crippen LogP contribution in [0.25, 0.3) is 0 Å². The van der Waals surface area contributed by atoms with Crippen LogP contribution in [0.5, 0.6) is 0 Å². The van der Waals surface area contributed by atoms with Gasteiger partial charge in [0.1, 0.15) is 6.54 Å². The zero-order valence-electron chi connectivity index (χ0n) is 15.7. The lowest BCUT2D eigenvalue weighted by Crippen LogP contribution is -2.45.